The van der Waals surface area contributed by atoms with E-state index in [1.54, 1.807) is 6.07 Å². The van der Waals surface area contributed by atoms with Gasteiger partial charge in [0.05, 0.1) is 6.93 Å². The van der Waals surface area contributed by atoms with Gasteiger partial charge in [-0.15, -0.1) is 0 Å². The minimum absolute atomic E-state index is 0.0434. The lowest BCUT2D eigenvalue weighted by atomic mass is 10.0. The Morgan fingerprint density at radius 3 is 3.11 bits per heavy atom. The molecule has 0 saturated carbocycles. The second kappa shape index (κ2) is 7.72. The van der Waals surface area contributed by atoms with Gasteiger partial charge in [-0.1, -0.05) is 29.0 Å². The highest BCUT2D eigenvalue weighted by atomic mass is 35.5. The van der Waals surface area contributed by atoms with Crippen molar-refractivity contribution in [3.8, 4) is 6.07 Å². The van der Waals surface area contributed by atoms with Gasteiger partial charge in [-0.25, -0.2) is 19.3 Å². The first-order valence-electron chi connectivity index (χ1n) is 11.3. The first-order chi connectivity index (χ1) is 15.8. The lowest BCUT2D eigenvalue weighted by Gasteiger charge is -2.32. The van der Waals surface area contributed by atoms with Crippen LogP contribution in [0.5, 0.6) is 0 Å². The molecule has 0 spiro atoms. The molecule has 0 amide bonds. The monoisotopic (exact) mass is 409 g/mol. The molecule has 1 aliphatic rings. The molecule has 2 aromatic heterocycles. The van der Waals surface area contributed by atoms with E-state index in [2.05, 4.69) is 15.0 Å². The van der Waals surface area contributed by atoms with Crippen LogP contribution in [-0.4, -0.2) is 39.0 Å². The molecule has 3 aromatic rings. The van der Waals surface area contributed by atoms with Crippen LogP contribution in [0.3, 0.4) is 0 Å². The highest BCUT2D eigenvalue weighted by molar-refractivity contribution is 7.21. The summed E-state index contributed by atoms with van der Waals surface area (Å²) < 4.78 is 74.1. The Kier molecular flexibility index (Phi) is 3.29. The number of benzene rings is 1. The standard InChI is InChI=1S/C18H16ClFN6S/c19-18-25-15-16(22-10-23-17(15)27-18)24-13-3-5-26(6-4-13)9-11-1-2-14(20)12(7-11)8-21/h1-2,7,10,13H,3-6,9H2,(H,22,23,24)/i3D2,4D2,9D,13D/hD. The maximum atomic E-state index is 13.7. The van der Waals surface area contributed by atoms with Crippen LogP contribution in [0.2, 0.25) is 5.88 Å². The fourth-order valence-electron chi connectivity index (χ4n) is 2.47. The van der Waals surface area contributed by atoms with Crippen molar-refractivity contribution in [2.75, 3.05) is 18.4 Å². The quantitative estimate of drug-likeness (QED) is 0.705. The zero-order chi connectivity index (χ0) is 25.1. The average molecular weight is 410 g/mol. The molecule has 4 rings (SSSR count). The summed E-state index contributed by atoms with van der Waals surface area (Å²) in [5.41, 5.74) is -0.0825. The summed E-state index contributed by atoms with van der Waals surface area (Å²) in [7, 11) is 0. The highest BCUT2D eigenvalue weighted by Crippen LogP contribution is 2.28. The van der Waals surface area contributed by atoms with Crippen LogP contribution in [0.4, 0.5) is 10.2 Å². The largest absolute Gasteiger partial charge is 0.365 e. The Bertz CT molecular complexity index is 1280. The number of fused-ring (bicyclic) bond motifs is 1. The third-order valence-corrected chi connectivity index (χ3v) is 4.78. The molecule has 1 aromatic carbocycles. The summed E-state index contributed by atoms with van der Waals surface area (Å²) in [6, 6.07) is 2.31. The summed E-state index contributed by atoms with van der Waals surface area (Å²) in [4.78, 5) is 13.4. The van der Waals surface area contributed by atoms with Crippen molar-refractivity contribution in [3.63, 3.8) is 0 Å². The first-order valence-corrected chi connectivity index (χ1v) is 8.94. The molecule has 6 nitrogen and oxygen atoms in total. The van der Waals surface area contributed by atoms with Gasteiger partial charge in [-0.3, -0.25) is 4.90 Å². The van der Waals surface area contributed by atoms with Crippen molar-refractivity contribution in [1.29, 1.82) is 5.26 Å². The minimum Gasteiger partial charge on any atom is -0.365 e. The maximum absolute atomic E-state index is 13.7. The number of anilines is 1. The van der Waals surface area contributed by atoms with E-state index in [9.17, 15) is 4.39 Å². The molecule has 1 fully saturated rings. The second-order valence-corrected chi connectivity index (χ2v) is 7.08. The van der Waals surface area contributed by atoms with Crippen molar-refractivity contribution >= 4 is 39.1 Å². The number of halogens is 2. The van der Waals surface area contributed by atoms with E-state index in [4.69, 9.17) is 26.5 Å². The Morgan fingerprint density at radius 2 is 2.33 bits per heavy atom. The average Bonchev–Trinajstić information content (AvgIpc) is 3.16. The molecule has 1 N–H and O–H groups in total. The number of nitriles is 1. The molecule has 138 valence electrons. The third kappa shape index (κ3) is 4.00. The molecule has 1 atom stereocenters. The van der Waals surface area contributed by atoms with Crippen LogP contribution >= 0.6 is 22.9 Å². The maximum Gasteiger partial charge on any atom is 0.186 e. The molecule has 0 radical (unpaired) electrons. The lowest BCUT2D eigenvalue weighted by molar-refractivity contribution is 0.211. The van der Waals surface area contributed by atoms with Gasteiger partial charge in [-0.2, -0.15) is 5.26 Å². The van der Waals surface area contributed by atoms with Crippen LogP contribution in [0.25, 0.3) is 10.3 Å². The van der Waals surface area contributed by atoms with E-state index in [1.807, 2.05) is 0 Å². The van der Waals surface area contributed by atoms with Crippen LogP contribution in [0.15, 0.2) is 24.5 Å². The summed E-state index contributed by atoms with van der Waals surface area (Å²) in [6.07, 6.45) is -4.28. The van der Waals surface area contributed by atoms with Gasteiger partial charge in [0.25, 0.3) is 0 Å². The first kappa shape index (κ1) is 11.5. The molecule has 1 aliphatic heterocycles. The number of rotatable bonds is 4. The Hall–Kier alpha value is -2.34. The summed E-state index contributed by atoms with van der Waals surface area (Å²) in [6.45, 7) is -2.53. The van der Waals surface area contributed by atoms with Crippen molar-refractivity contribution in [2.45, 2.75) is 25.3 Å². The Balaban J connectivity index is 1.72. The SMILES string of the molecule is [2H]C(c1ccc(F)c(C#N)c1)N1CC([2H])([2H])C([2H])(N([2H])c2ncnc3sc(Cl)nc23)C([2H])([2H])C1. The normalized spacial score (nSPS) is 25.6. The fourth-order valence-corrected chi connectivity index (χ4v) is 3.40. The minimum atomic E-state index is -2.80. The van der Waals surface area contributed by atoms with Crippen LogP contribution in [0.1, 0.15) is 32.1 Å². The van der Waals surface area contributed by atoms with Crippen molar-refractivity contribution in [3.05, 3.63) is 45.9 Å². The van der Waals surface area contributed by atoms with Crippen LogP contribution < -0.4 is 5.31 Å². The molecule has 0 aliphatic carbocycles. The van der Waals surface area contributed by atoms with E-state index in [0.29, 0.717) is 10.1 Å². The van der Waals surface area contributed by atoms with Gasteiger partial charge in [0, 0.05) is 32.5 Å². The predicted molar refractivity (Wildman–Crippen MR) is 103 cm³/mol. The summed E-state index contributed by atoms with van der Waals surface area (Å²) in [5.74, 6) is -1.04. The van der Waals surface area contributed by atoms with Crippen LogP contribution in [0, 0.1) is 17.1 Å². The van der Waals surface area contributed by atoms with Crippen LogP contribution in [-0.2, 0) is 6.52 Å². The van der Waals surface area contributed by atoms with Gasteiger partial charge in [0.1, 0.15) is 28.6 Å². The Morgan fingerprint density at radius 1 is 1.52 bits per heavy atom. The van der Waals surface area contributed by atoms with Crippen molar-refractivity contribution in [2.24, 2.45) is 0 Å². The Labute approximate surface area is 174 Å². The molecular formula is C18H16ClFN6S. The highest BCUT2D eigenvalue weighted by Gasteiger charge is 2.21. The molecule has 1 unspecified atom stereocenters. The number of hydrogen-bond acceptors (Lipinski definition) is 7. The van der Waals surface area contributed by atoms with E-state index < -0.39 is 44.2 Å². The number of aromatic nitrogens is 3. The molecule has 27 heavy (non-hydrogen) atoms. The van der Waals surface area contributed by atoms with Crippen molar-refractivity contribution < 1.29 is 14.0 Å². The molecule has 3 heterocycles. The zero-order valence-corrected chi connectivity index (χ0v) is 15.2. The summed E-state index contributed by atoms with van der Waals surface area (Å²) >= 11 is 6.93. The zero-order valence-electron chi connectivity index (χ0n) is 20.6. The topological polar surface area (TPSA) is 77.7 Å². The molecule has 0 bridgehead atoms. The molecular weight excluding hydrogens is 387 g/mol. The second-order valence-electron chi connectivity index (χ2n) is 5.52. The van der Waals surface area contributed by atoms with E-state index in [1.165, 1.54) is 6.07 Å². The number of likely N-dealkylation sites (tertiary alicyclic amines) is 1. The van der Waals surface area contributed by atoms with E-state index >= 15 is 0 Å². The lowest BCUT2D eigenvalue weighted by Crippen LogP contribution is -2.38. The third-order valence-electron chi connectivity index (χ3n) is 3.71. The fraction of sp³-hybridized carbons (Fsp3) is 0.333. The van der Waals surface area contributed by atoms with Gasteiger partial charge < -0.3 is 5.31 Å². The number of nitrogens with zero attached hydrogens (tertiary/aromatic N) is 5. The molecule has 9 heteroatoms. The van der Waals surface area contributed by atoms with E-state index in [-0.39, 0.29) is 26.9 Å². The van der Waals surface area contributed by atoms with Gasteiger partial charge in [0.15, 0.2) is 11.7 Å². The van der Waals surface area contributed by atoms with Gasteiger partial charge in [-0.05, 0) is 30.4 Å². The van der Waals surface area contributed by atoms with Gasteiger partial charge in [0.2, 0.25) is 0 Å². The van der Waals surface area contributed by atoms with E-state index in [0.717, 1.165) is 34.7 Å². The molecule has 1 saturated heterocycles. The number of nitrogens with one attached hydrogen (secondary N) is 1. The summed E-state index contributed by atoms with van der Waals surface area (Å²) in [5, 5.41) is 9.41. The number of piperidine rings is 1. The number of hydrogen-bond donors (Lipinski definition) is 1. The van der Waals surface area contributed by atoms with Crippen molar-refractivity contribution in [1.82, 2.24) is 19.9 Å². The smallest absolute Gasteiger partial charge is 0.186 e. The predicted octanol–water partition coefficient (Wildman–Crippen LogP) is 3.83. The number of thiazole rings is 1. The van der Waals surface area contributed by atoms with Gasteiger partial charge >= 0.3 is 0 Å².